The number of carbonyl (C=O) groups is 1. The first-order chi connectivity index (χ1) is 17.3. The minimum Gasteiger partial charge on any atom is -0.493 e. The lowest BCUT2D eigenvalue weighted by Crippen LogP contribution is -2.36. The first-order valence-electron chi connectivity index (χ1n) is 11.0. The van der Waals surface area contributed by atoms with Gasteiger partial charge in [-0.15, -0.1) is 11.3 Å². The normalized spacial score (nSPS) is 13.4. The van der Waals surface area contributed by atoms with Gasteiger partial charge in [-0.25, -0.2) is 4.98 Å². The number of thiazole rings is 1. The first-order valence-corrected chi connectivity index (χ1v) is 13.6. The minimum absolute atomic E-state index is 0.0393. The van der Waals surface area contributed by atoms with Gasteiger partial charge in [0.2, 0.25) is 0 Å². The van der Waals surface area contributed by atoms with Gasteiger partial charge in [0.05, 0.1) is 12.8 Å². The Morgan fingerprint density at radius 1 is 1.03 bits per heavy atom. The van der Waals surface area contributed by atoms with E-state index in [1.807, 2.05) is 12.1 Å². The third kappa shape index (κ3) is 4.57. The summed E-state index contributed by atoms with van der Waals surface area (Å²) >= 11 is 7.33. The molecule has 1 aliphatic heterocycles. The summed E-state index contributed by atoms with van der Waals surface area (Å²) in [6, 6.07) is 18.7. The van der Waals surface area contributed by atoms with E-state index in [2.05, 4.69) is 4.98 Å². The number of carbonyl (C=O) groups excluding carboxylic acids is 1. The predicted octanol–water partition coefficient (Wildman–Crippen LogP) is 5.75. The quantitative estimate of drug-likeness (QED) is 0.289. The van der Waals surface area contributed by atoms with Gasteiger partial charge in [0.1, 0.15) is 14.8 Å². The molecular weight excluding hydrogens is 520 g/mol. The summed E-state index contributed by atoms with van der Waals surface area (Å²) in [7, 11) is -2.65. The maximum atomic E-state index is 13.4. The van der Waals surface area contributed by atoms with E-state index in [9.17, 15) is 13.2 Å². The average molecular weight is 541 g/mol. The molecule has 0 unspecified atom stereocenters. The zero-order valence-electron chi connectivity index (χ0n) is 19.4. The number of amides is 1. The molecule has 5 rings (SSSR count). The van der Waals surface area contributed by atoms with E-state index in [-0.39, 0.29) is 22.3 Å². The molecule has 0 saturated heterocycles. The maximum absolute atomic E-state index is 13.4. The minimum atomic E-state index is -4.07. The Kier molecular flexibility index (Phi) is 6.46. The van der Waals surface area contributed by atoms with E-state index in [4.69, 9.17) is 20.5 Å². The van der Waals surface area contributed by atoms with Crippen LogP contribution in [0.15, 0.2) is 71.6 Å². The molecule has 10 heteroatoms. The number of hydrogen-bond acceptors (Lipinski definition) is 7. The fraction of sp³-hybridized carbons (Fsp3) is 0.154. The summed E-state index contributed by atoms with van der Waals surface area (Å²) in [5, 5.41) is 1.39. The average Bonchev–Trinajstić information content (AvgIpc) is 3.30. The van der Waals surface area contributed by atoms with Crippen molar-refractivity contribution in [3.8, 4) is 22.1 Å². The summed E-state index contributed by atoms with van der Waals surface area (Å²) in [6.07, 6.45) is 0.591. The molecule has 4 aromatic rings. The number of nitrogens with zero attached hydrogens (tertiary/aromatic N) is 2. The number of rotatable bonds is 6. The molecule has 36 heavy (non-hydrogen) atoms. The van der Waals surface area contributed by atoms with Crippen LogP contribution in [0, 0.1) is 6.92 Å². The summed E-state index contributed by atoms with van der Waals surface area (Å²) in [5.74, 6) is 0.0732. The Hall–Kier alpha value is -3.40. The molecule has 0 spiro atoms. The second-order valence-electron chi connectivity index (χ2n) is 8.15. The van der Waals surface area contributed by atoms with Crippen LogP contribution in [0.1, 0.15) is 20.9 Å². The van der Waals surface area contributed by atoms with Crippen molar-refractivity contribution >= 4 is 44.7 Å². The van der Waals surface area contributed by atoms with Crippen molar-refractivity contribution in [1.29, 1.82) is 0 Å². The lowest BCUT2D eigenvalue weighted by Gasteiger charge is -2.26. The second-order valence-corrected chi connectivity index (χ2v) is 11.1. The molecule has 0 fully saturated rings. The van der Waals surface area contributed by atoms with Gasteiger partial charge in [0.15, 0.2) is 11.5 Å². The molecule has 7 nitrogen and oxygen atoms in total. The number of hydrogen-bond donors (Lipinski definition) is 0. The Morgan fingerprint density at radius 2 is 1.78 bits per heavy atom. The van der Waals surface area contributed by atoms with E-state index in [1.54, 1.807) is 54.3 Å². The molecule has 1 aromatic heterocycles. The van der Waals surface area contributed by atoms with Crippen LogP contribution < -0.4 is 13.8 Å². The maximum Gasteiger partial charge on any atom is 0.339 e. The largest absolute Gasteiger partial charge is 0.493 e. The molecule has 2 heterocycles. The number of aromatic nitrogens is 1. The van der Waals surface area contributed by atoms with Gasteiger partial charge in [0.25, 0.3) is 5.91 Å². The lowest BCUT2D eigenvalue weighted by molar-refractivity contribution is 0.0984. The summed E-state index contributed by atoms with van der Waals surface area (Å²) < 4.78 is 36.5. The van der Waals surface area contributed by atoms with Gasteiger partial charge in [-0.05, 0) is 42.8 Å². The highest BCUT2D eigenvalue weighted by atomic mass is 35.5. The van der Waals surface area contributed by atoms with Gasteiger partial charge in [-0.1, -0.05) is 41.9 Å². The second kappa shape index (κ2) is 9.57. The van der Waals surface area contributed by atoms with E-state index in [0.717, 1.165) is 16.3 Å². The van der Waals surface area contributed by atoms with Crippen LogP contribution in [-0.4, -0.2) is 33.0 Å². The van der Waals surface area contributed by atoms with Crippen LogP contribution >= 0.6 is 22.9 Å². The lowest BCUT2D eigenvalue weighted by atomic mass is 10.1. The zero-order chi connectivity index (χ0) is 25.4. The number of fused-ring (bicyclic) bond motifs is 1. The van der Waals surface area contributed by atoms with Crippen LogP contribution in [0.3, 0.4) is 0 Å². The fourth-order valence-electron chi connectivity index (χ4n) is 3.99. The van der Waals surface area contributed by atoms with Crippen molar-refractivity contribution in [3.63, 3.8) is 0 Å². The van der Waals surface area contributed by atoms with Crippen LogP contribution in [0.4, 0.5) is 5.69 Å². The predicted molar refractivity (Wildman–Crippen MR) is 140 cm³/mol. The SMILES string of the molecule is COc1cc(N2CCc3nc(-c4ccc(Cl)cc4)sc3C2=O)ccc1OS(=O)(=O)c1ccccc1C. The summed E-state index contributed by atoms with van der Waals surface area (Å²) in [5.41, 5.74) is 2.81. The number of methoxy groups -OCH3 is 1. The Labute approximate surface area is 218 Å². The highest BCUT2D eigenvalue weighted by molar-refractivity contribution is 7.87. The van der Waals surface area contributed by atoms with Gasteiger partial charge >= 0.3 is 10.1 Å². The van der Waals surface area contributed by atoms with Gasteiger partial charge in [0, 0.05) is 35.3 Å². The monoisotopic (exact) mass is 540 g/mol. The summed E-state index contributed by atoms with van der Waals surface area (Å²) in [6.45, 7) is 2.13. The van der Waals surface area contributed by atoms with Gasteiger partial charge in [-0.2, -0.15) is 8.42 Å². The molecule has 0 aliphatic carbocycles. The fourth-order valence-corrected chi connectivity index (χ4v) is 6.35. The van der Waals surface area contributed by atoms with Crippen LogP contribution in [0.2, 0.25) is 5.02 Å². The standard InChI is InChI=1S/C26H21ClN2O5S2/c1-16-5-3-4-6-23(16)36(31,32)34-21-12-11-19(15-22(21)33-2)29-14-13-20-24(26(29)30)35-25(28-20)17-7-9-18(27)10-8-17/h3-12,15H,13-14H2,1-2H3. The van der Waals surface area contributed by atoms with Crippen LogP contribution in [0.5, 0.6) is 11.5 Å². The molecule has 1 amide bonds. The zero-order valence-corrected chi connectivity index (χ0v) is 21.8. The van der Waals surface area contributed by atoms with Crippen molar-refractivity contribution in [2.24, 2.45) is 0 Å². The Bertz CT molecular complexity index is 1570. The van der Waals surface area contributed by atoms with Crippen LogP contribution in [-0.2, 0) is 16.5 Å². The molecule has 0 atom stereocenters. The number of anilines is 1. The molecule has 0 N–H and O–H groups in total. The van der Waals surface area contributed by atoms with E-state index in [0.29, 0.717) is 34.1 Å². The third-order valence-corrected chi connectivity index (χ3v) is 8.60. The number of halogens is 1. The summed E-state index contributed by atoms with van der Waals surface area (Å²) in [4.78, 5) is 20.3. The van der Waals surface area contributed by atoms with Crippen molar-refractivity contribution in [1.82, 2.24) is 4.98 Å². The highest BCUT2D eigenvalue weighted by Gasteiger charge is 2.30. The van der Waals surface area contributed by atoms with Crippen molar-refractivity contribution < 1.29 is 22.1 Å². The molecule has 184 valence electrons. The number of aryl methyl sites for hydroxylation is 1. The van der Waals surface area contributed by atoms with Crippen molar-refractivity contribution in [2.75, 3.05) is 18.6 Å². The van der Waals surface area contributed by atoms with Gasteiger partial charge < -0.3 is 13.8 Å². The third-order valence-electron chi connectivity index (χ3n) is 5.82. The van der Waals surface area contributed by atoms with Gasteiger partial charge in [-0.3, -0.25) is 4.79 Å². The molecule has 0 saturated carbocycles. The molecule has 1 aliphatic rings. The number of benzene rings is 3. The van der Waals surface area contributed by atoms with E-state index in [1.165, 1.54) is 30.6 Å². The smallest absolute Gasteiger partial charge is 0.339 e. The van der Waals surface area contributed by atoms with Crippen molar-refractivity contribution in [3.05, 3.63) is 87.9 Å². The van der Waals surface area contributed by atoms with Crippen LogP contribution in [0.25, 0.3) is 10.6 Å². The molecule has 3 aromatic carbocycles. The molecular formula is C26H21ClN2O5S2. The molecule has 0 radical (unpaired) electrons. The van der Waals surface area contributed by atoms with Crippen molar-refractivity contribution in [2.45, 2.75) is 18.2 Å². The topological polar surface area (TPSA) is 85.8 Å². The Balaban J connectivity index is 1.42. The van der Waals surface area contributed by atoms with E-state index < -0.39 is 10.1 Å². The number of ether oxygens (including phenoxy) is 1. The Morgan fingerprint density at radius 3 is 2.50 bits per heavy atom. The van der Waals surface area contributed by atoms with E-state index >= 15 is 0 Å². The first kappa shape index (κ1) is 24.3. The highest BCUT2D eigenvalue weighted by Crippen LogP contribution is 2.38. The molecule has 0 bridgehead atoms.